The minimum Gasteiger partial charge on any atom is -0.480 e. The normalized spacial score (nSPS) is 14.6. The van der Waals surface area contributed by atoms with Gasteiger partial charge in [0.1, 0.15) is 5.75 Å². The van der Waals surface area contributed by atoms with E-state index in [1.165, 1.54) is 0 Å². The monoisotopic (exact) mass is 283 g/mol. The van der Waals surface area contributed by atoms with Crippen LogP contribution in [-0.4, -0.2) is 23.6 Å². The molecule has 0 unspecified atom stereocenters. The average molecular weight is 284 g/mol. The van der Waals surface area contributed by atoms with E-state index in [2.05, 4.69) is 5.32 Å². The third kappa shape index (κ3) is 3.61. The third-order valence-electron chi connectivity index (χ3n) is 3.03. The number of aliphatic carboxylic acids is 1. The van der Waals surface area contributed by atoms with E-state index in [-0.39, 0.29) is 22.6 Å². The van der Waals surface area contributed by atoms with E-state index in [1.807, 2.05) is 0 Å². The second-order valence-electron chi connectivity index (χ2n) is 4.44. The summed E-state index contributed by atoms with van der Waals surface area (Å²) in [6.07, 6.45) is 2.96. The molecule has 19 heavy (non-hydrogen) atoms. The van der Waals surface area contributed by atoms with Gasteiger partial charge in [-0.15, -0.1) is 0 Å². The molecule has 1 aromatic rings. The number of amides is 1. The largest absolute Gasteiger partial charge is 0.480 e. The molecular weight excluding hydrogens is 270 g/mol. The van der Waals surface area contributed by atoms with Crippen LogP contribution in [0.25, 0.3) is 0 Å². The van der Waals surface area contributed by atoms with Crippen molar-refractivity contribution in [3.8, 4) is 5.75 Å². The summed E-state index contributed by atoms with van der Waals surface area (Å²) in [6.45, 7) is -0.451. The zero-order valence-corrected chi connectivity index (χ0v) is 10.9. The van der Waals surface area contributed by atoms with Crippen LogP contribution in [0.1, 0.15) is 19.3 Å². The first-order chi connectivity index (χ1) is 9.06. The van der Waals surface area contributed by atoms with Crippen LogP contribution in [0.5, 0.6) is 5.75 Å². The van der Waals surface area contributed by atoms with Crippen LogP contribution in [0, 0.1) is 5.92 Å². The third-order valence-corrected chi connectivity index (χ3v) is 3.32. The summed E-state index contributed by atoms with van der Waals surface area (Å²) in [5, 5.41) is 11.6. The molecule has 0 saturated heterocycles. The molecule has 0 atom stereocenters. The van der Waals surface area contributed by atoms with Gasteiger partial charge in [-0.1, -0.05) is 18.0 Å². The summed E-state index contributed by atoms with van der Waals surface area (Å²) in [7, 11) is 0. The number of ether oxygens (including phenoxy) is 1. The number of nitrogens with one attached hydrogen (secondary N) is 1. The van der Waals surface area contributed by atoms with Crippen LogP contribution in [0.3, 0.4) is 0 Å². The standard InChI is InChI=1S/C13H14ClNO4/c14-10-6-9(15-13(18)8-2-1-3-8)4-5-11(10)19-7-12(16)17/h4-6,8H,1-3,7H2,(H,15,18)(H,16,17). The average Bonchev–Trinajstić information content (AvgIpc) is 2.25. The van der Waals surface area contributed by atoms with Gasteiger partial charge in [0, 0.05) is 11.6 Å². The lowest BCUT2D eigenvalue weighted by Crippen LogP contribution is -2.28. The molecule has 1 fully saturated rings. The molecule has 2 N–H and O–H groups in total. The maximum absolute atomic E-state index is 11.7. The van der Waals surface area contributed by atoms with Gasteiger partial charge < -0.3 is 15.2 Å². The van der Waals surface area contributed by atoms with Crippen molar-refractivity contribution < 1.29 is 19.4 Å². The lowest BCUT2D eigenvalue weighted by molar-refractivity contribution is -0.139. The van der Waals surface area contributed by atoms with Crippen molar-refractivity contribution in [2.24, 2.45) is 5.92 Å². The van der Waals surface area contributed by atoms with Crippen molar-refractivity contribution >= 4 is 29.2 Å². The van der Waals surface area contributed by atoms with E-state index in [0.717, 1.165) is 19.3 Å². The Kier molecular flexibility index (Phi) is 4.27. The van der Waals surface area contributed by atoms with Gasteiger partial charge in [-0.3, -0.25) is 4.79 Å². The van der Waals surface area contributed by atoms with E-state index in [4.69, 9.17) is 21.4 Å². The molecule has 5 nitrogen and oxygen atoms in total. The Labute approximate surface area is 115 Å². The maximum Gasteiger partial charge on any atom is 0.341 e. The number of carbonyl (C=O) groups is 2. The Hall–Kier alpha value is -1.75. The second-order valence-corrected chi connectivity index (χ2v) is 4.85. The van der Waals surface area contributed by atoms with E-state index < -0.39 is 12.6 Å². The van der Waals surface area contributed by atoms with E-state index in [9.17, 15) is 9.59 Å². The molecule has 0 spiro atoms. The van der Waals surface area contributed by atoms with E-state index in [0.29, 0.717) is 5.69 Å². The molecule has 2 rings (SSSR count). The Morgan fingerprint density at radius 3 is 2.68 bits per heavy atom. The van der Waals surface area contributed by atoms with Crippen LogP contribution >= 0.6 is 11.6 Å². The van der Waals surface area contributed by atoms with Crippen molar-refractivity contribution in [2.75, 3.05) is 11.9 Å². The lowest BCUT2D eigenvalue weighted by Gasteiger charge is -2.24. The molecule has 0 aliphatic heterocycles. The molecule has 1 saturated carbocycles. The first-order valence-corrected chi connectivity index (χ1v) is 6.39. The zero-order valence-electron chi connectivity index (χ0n) is 10.2. The molecule has 1 aromatic carbocycles. The fourth-order valence-corrected chi connectivity index (χ4v) is 1.98. The SMILES string of the molecule is O=C(O)COc1ccc(NC(=O)C2CCC2)cc1Cl. The summed E-state index contributed by atoms with van der Waals surface area (Å²) >= 11 is 5.95. The summed E-state index contributed by atoms with van der Waals surface area (Å²) < 4.78 is 4.99. The molecule has 1 aliphatic carbocycles. The summed E-state index contributed by atoms with van der Waals surface area (Å²) in [4.78, 5) is 22.1. The lowest BCUT2D eigenvalue weighted by atomic mass is 9.85. The van der Waals surface area contributed by atoms with Crippen LogP contribution < -0.4 is 10.1 Å². The number of hydrogen-bond donors (Lipinski definition) is 2. The quantitative estimate of drug-likeness (QED) is 0.871. The highest BCUT2D eigenvalue weighted by Gasteiger charge is 2.25. The number of carbonyl (C=O) groups excluding carboxylic acids is 1. The van der Waals surface area contributed by atoms with Crippen molar-refractivity contribution in [3.05, 3.63) is 23.2 Å². The predicted molar refractivity (Wildman–Crippen MR) is 70.6 cm³/mol. The zero-order chi connectivity index (χ0) is 13.8. The summed E-state index contributed by atoms with van der Waals surface area (Å²) in [5.41, 5.74) is 0.588. The molecule has 0 radical (unpaired) electrons. The van der Waals surface area contributed by atoms with Crippen LogP contribution in [0.2, 0.25) is 5.02 Å². The highest BCUT2D eigenvalue weighted by Crippen LogP contribution is 2.30. The Bertz CT molecular complexity index is 499. The minimum atomic E-state index is -1.07. The van der Waals surface area contributed by atoms with Crippen LogP contribution in [0.4, 0.5) is 5.69 Å². The molecule has 102 valence electrons. The van der Waals surface area contributed by atoms with Gasteiger partial charge in [0.05, 0.1) is 5.02 Å². The number of halogens is 1. The van der Waals surface area contributed by atoms with Gasteiger partial charge in [0.15, 0.2) is 6.61 Å². The Morgan fingerprint density at radius 1 is 1.42 bits per heavy atom. The van der Waals surface area contributed by atoms with Crippen LogP contribution in [0.15, 0.2) is 18.2 Å². The van der Waals surface area contributed by atoms with Crippen molar-refractivity contribution in [1.82, 2.24) is 0 Å². The molecule has 0 heterocycles. The van der Waals surface area contributed by atoms with Gasteiger partial charge in [-0.05, 0) is 31.0 Å². The number of carboxylic acids is 1. The van der Waals surface area contributed by atoms with Crippen molar-refractivity contribution in [1.29, 1.82) is 0 Å². The van der Waals surface area contributed by atoms with E-state index >= 15 is 0 Å². The van der Waals surface area contributed by atoms with E-state index in [1.54, 1.807) is 18.2 Å². The number of carboxylic acid groups (broad SMARTS) is 1. The smallest absolute Gasteiger partial charge is 0.341 e. The number of anilines is 1. The second kappa shape index (κ2) is 5.93. The topological polar surface area (TPSA) is 75.6 Å². The molecule has 0 bridgehead atoms. The van der Waals surface area contributed by atoms with Gasteiger partial charge >= 0.3 is 5.97 Å². The summed E-state index contributed by atoms with van der Waals surface area (Å²) in [5.74, 6) is -0.688. The number of rotatable bonds is 5. The number of hydrogen-bond acceptors (Lipinski definition) is 3. The molecular formula is C13H14ClNO4. The Morgan fingerprint density at radius 2 is 2.16 bits per heavy atom. The maximum atomic E-state index is 11.7. The first kappa shape index (κ1) is 13.7. The van der Waals surface area contributed by atoms with Gasteiger partial charge in [0.25, 0.3) is 0 Å². The highest BCUT2D eigenvalue weighted by atomic mass is 35.5. The first-order valence-electron chi connectivity index (χ1n) is 6.01. The predicted octanol–water partition coefficient (Wildman–Crippen LogP) is 2.54. The highest BCUT2D eigenvalue weighted by molar-refractivity contribution is 6.32. The summed E-state index contributed by atoms with van der Waals surface area (Å²) in [6, 6.07) is 4.73. The molecule has 1 amide bonds. The fraction of sp³-hybridized carbons (Fsp3) is 0.385. The van der Waals surface area contributed by atoms with Gasteiger partial charge in [-0.2, -0.15) is 0 Å². The fourth-order valence-electron chi connectivity index (χ4n) is 1.75. The van der Waals surface area contributed by atoms with Crippen molar-refractivity contribution in [2.45, 2.75) is 19.3 Å². The Balaban J connectivity index is 1.97. The van der Waals surface area contributed by atoms with Gasteiger partial charge in [-0.25, -0.2) is 4.79 Å². The molecule has 6 heteroatoms. The number of benzene rings is 1. The minimum absolute atomic E-state index is 0.00141. The van der Waals surface area contributed by atoms with Gasteiger partial charge in [0.2, 0.25) is 5.91 Å². The molecule has 0 aromatic heterocycles. The van der Waals surface area contributed by atoms with Crippen LogP contribution in [-0.2, 0) is 9.59 Å². The van der Waals surface area contributed by atoms with Crippen molar-refractivity contribution in [3.63, 3.8) is 0 Å². The molecule has 1 aliphatic rings.